The largest absolute Gasteiger partial charge is 0.345 e. The van der Waals surface area contributed by atoms with E-state index in [1.54, 1.807) is 11.3 Å². The molecule has 2 heterocycles. The van der Waals surface area contributed by atoms with E-state index in [-0.39, 0.29) is 30.7 Å². The van der Waals surface area contributed by atoms with Crippen LogP contribution >= 0.6 is 36.2 Å². The quantitative estimate of drug-likeness (QED) is 0.792. The zero-order valence-electron chi connectivity index (χ0n) is 15.3. The van der Waals surface area contributed by atoms with E-state index < -0.39 is 5.54 Å². The second-order valence-electron chi connectivity index (χ2n) is 7.10. The van der Waals surface area contributed by atoms with Crippen LogP contribution in [0.1, 0.15) is 55.6 Å². The maximum absolute atomic E-state index is 12.4. The lowest BCUT2D eigenvalue weighted by Gasteiger charge is -2.29. The average molecular weight is 396 g/mol. The van der Waals surface area contributed by atoms with Crippen LogP contribution in [0, 0.1) is 25.7 Å². The highest BCUT2D eigenvalue weighted by molar-refractivity contribution is 7.11. The lowest BCUT2D eigenvalue weighted by atomic mass is 9.84. The first-order chi connectivity index (χ1) is 10.3. The average Bonchev–Trinajstić information content (AvgIpc) is 2.80. The van der Waals surface area contributed by atoms with Gasteiger partial charge in [-0.25, -0.2) is 4.98 Å². The van der Waals surface area contributed by atoms with E-state index >= 15 is 0 Å². The van der Waals surface area contributed by atoms with Crippen LogP contribution < -0.4 is 10.6 Å². The van der Waals surface area contributed by atoms with Gasteiger partial charge in [-0.15, -0.1) is 36.2 Å². The van der Waals surface area contributed by atoms with Crippen molar-refractivity contribution < 1.29 is 4.79 Å². The number of amides is 1. The van der Waals surface area contributed by atoms with Crippen LogP contribution in [0.25, 0.3) is 0 Å². The Bertz CT molecular complexity index is 508. The molecule has 1 aromatic heterocycles. The molecule has 4 nitrogen and oxygen atoms in total. The zero-order valence-corrected chi connectivity index (χ0v) is 17.7. The minimum absolute atomic E-state index is 0. The van der Waals surface area contributed by atoms with Crippen molar-refractivity contribution in [1.82, 2.24) is 15.6 Å². The third kappa shape index (κ3) is 6.17. The fourth-order valence-corrected chi connectivity index (χ4v) is 4.04. The molecular weight excluding hydrogens is 365 g/mol. The fourth-order valence-electron chi connectivity index (χ4n) is 3.07. The second kappa shape index (κ2) is 9.95. The van der Waals surface area contributed by atoms with Gasteiger partial charge in [-0.2, -0.15) is 0 Å². The first-order valence-corrected chi connectivity index (χ1v) is 9.07. The summed E-state index contributed by atoms with van der Waals surface area (Å²) in [6.45, 7) is 12.6. The summed E-state index contributed by atoms with van der Waals surface area (Å²) < 4.78 is 0. The number of nitrogens with one attached hydrogen (secondary N) is 2. The molecule has 1 atom stereocenters. The first kappa shape index (κ1) is 23.6. The molecule has 2 N–H and O–H groups in total. The molecule has 1 aliphatic rings. The Labute approximate surface area is 162 Å². The van der Waals surface area contributed by atoms with E-state index in [4.69, 9.17) is 0 Å². The molecule has 24 heavy (non-hydrogen) atoms. The lowest BCUT2D eigenvalue weighted by Crippen LogP contribution is -2.42. The van der Waals surface area contributed by atoms with Crippen LogP contribution in [-0.4, -0.2) is 24.0 Å². The molecule has 1 fully saturated rings. The number of thiazole rings is 1. The number of carbonyl (C=O) groups is 1. The van der Waals surface area contributed by atoms with Crippen molar-refractivity contribution in [3.63, 3.8) is 0 Å². The molecule has 140 valence electrons. The van der Waals surface area contributed by atoms with Gasteiger partial charge in [-0.05, 0) is 65.5 Å². The highest BCUT2D eigenvalue weighted by atomic mass is 35.5. The van der Waals surface area contributed by atoms with Gasteiger partial charge in [0.05, 0.1) is 11.2 Å². The summed E-state index contributed by atoms with van der Waals surface area (Å²) in [5, 5.41) is 7.55. The Kier molecular flexibility index (Phi) is 9.80. The normalized spacial score (nSPS) is 16.7. The maximum atomic E-state index is 12.4. The van der Waals surface area contributed by atoms with Crippen LogP contribution in [0.3, 0.4) is 0 Å². The molecule has 0 aromatic carbocycles. The summed E-state index contributed by atoms with van der Waals surface area (Å²) in [4.78, 5) is 18.2. The Morgan fingerprint density at radius 2 is 1.92 bits per heavy atom. The number of halogens is 2. The van der Waals surface area contributed by atoms with E-state index in [1.807, 2.05) is 20.8 Å². The minimum atomic E-state index is -0.394. The third-order valence-corrected chi connectivity index (χ3v) is 6.11. The molecule has 1 amide bonds. The maximum Gasteiger partial charge on any atom is 0.221 e. The van der Waals surface area contributed by atoms with Crippen LogP contribution in [0.15, 0.2) is 0 Å². The van der Waals surface area contributed by atoms with Gasteiger partial charge in [0.15, 0.2) is 0 Å². The fraction of sp³-hybridized carbons (Fsp3) is 0.765. The molecule has 0 aliphatic carbocycles. The van der Waals surface area contributed by atoms with Crippen molar-refractivity contribution in [2.75, 3.05) is 13.1 Å². The summed E-state index contributed by atoms with van der Waals surface area (Å²) in [6.07, 6.45) is 2.98. The summed E-state index contributed by atoms with van der Waals surface area (Å²) in [5.41, 5.74) is 0.666. The number of aromatic nitrogens is 1. The molecule has 1 saturated heterocycles. The smallest absolute Gasteiger partial charge is 0.221 e. The summed E-state index contributed by atoms with van der Waals surface area (Å²) in [6, 6.07) is 0. The molecule has 1 aromatic rings. The standard InChI is InChI=1S/C17H29N3OS.2ClH/c1-11(14-6-8-18-9-7-14)10-15(21)20-17(4,5)16-19-12(2)13(3)22-16;;/h11,14,18H,6-10H2,1-5H3,(H,20,21);2*1H. The highest BCUT2D eigenvalue weighted by Crippen LogP contribution is 2.28. The highest BCUT2D eigenvalue weighted by Gasteiger charge is 2.29. The Morgan fingerprint density at radius 3 is 2.42 bits per heavy atom. The van der Waals surface area contributed by atoms with Gasteiger partial charge in [0.1, 0.15) is 5.01 Å². The van der Waals surface area contributed by atoms with Gasteiger partial charge in [-0.3, -0.25) is 4.79 Å². The van der Waals surface area contributed by atoms with Crippen molar-refractivity contribution in [3.8, 4) is 0 Å². The number of aryl methyl sites for hydroxylation is 2. The topological polar surface area (TPSA) is 54.0 Å². The van der Waals surface area contributed by atoms with Crippen LogP contribution in [0.2, 0.25) is 0 Å². The number of nitrogens with zero attached hydrogens (tertiary/aromatic N) is 1. The predicted molar refractivity (Wildman–Crippen MR) is 107 cm³/mol. The van der Waals surface area contributed by atoms with Crippen LogP contribution in [0.5, 0.6) is 0 Å². The summed E-state index contributed by atoms with van der Waals surface area (Å²) in [5.74, 6) is 1.25. The molecule has 0 spiro atoms. The van der Waals surface area contributed by atoms with Crippen LogP contribution in [-0.2, 0) is 10.3 Å². The zero-order chi connectivity index (χ0) is 16.3. The van der Waals surface area contributed by atoms with Gasteiger partial charge in [0.25, 0.3) is 0 Å². The van der Waals surface area contributed by atoms with Crippen molar-refractivity contribution in [3.05, 3.63) is 15.6 Å². The summed E-state index contributed by atoms with van der Waals surface area (Å²) in [7, 11) is 0. The monoisotopic (exact) mass is 395 g/mol. The van der Waals surface area contributed by atoms with Gasteiger partial charge < -0.3 is 10.6 Å². The molecule has 7 heteroatoms. The van der Waals surface area contributed by atoms with Crippen molar-refractivity contribution >= 4 is 42.1 Å². The van der Waals surface area contributed by atoms with E-state index in [2.05, 4.69) is 29.5 Å². The Hall–Kier alpha value is -0.360. The summed E-state index contributed by atoms with van der Waals surface area (Å²) >= 11 is 1.68. The SMILES string of the molecule is Cc1nc(C(C)(C)NC(=O)CC(C)C2CCNCC2)sc1C.Cl.Cl. The van der Waals surface area contributed by atoms with Gasteiger partial charge in [0, 0.05) is 11.3 Å². The molecular formula is C17H31Cl2N3OS. The molecule has 0 saturated carbocycles. The molecule has 0 radical (unpaired) electrons. The number of piperidine rings is 1. The van der Waals surface area contributed by atoms with E-state index in [0.717, 1.165) is 23.8 Å². The minimum Gasteiger partial charge on any atom is -0.345 e. The number of rotatable bonds is 5. The van der Waals surface area contributed by atoms with Crippen molar-refractivity contribution in [2.24, 2.45) is 11.8 Å². The first-order valence-electron chi connectivity index (χ1n) is 8.26. The van der Waals surface area contributed by atoms with Crippen molar-refractivity contribution in [1.29, 1.82) is 0 Å². The van der Waals surface area contributed by atoms with E-state index in [9.17, 15) is 4.79 Å². The number of hydrogen-bond donors (Lipinski definition) is 2. The molecule has 0 bridgehead atoms. The number of hydrogen-bond acceptors (Lipinski definition) is 4. The Morgan fingerprint density at radius 1 is 1.33 bits per heavy atom. The van der Waals surface area contributed by atoms with Gasteiger partial charge in [-0.1, -0.05) is 6.92 Å². The van der Waals surface area contributed by atoms with Gasteiger partial charge in [0.2, 0.25) is 5.91 Å². The third-order valence-electron chi connectivity index (χ3n) is 4.71. The number of carbonyl (C=O) groups excluding carboxylic acids is 1. The van der Waals surface area contributed by atoms with E-state index in [1.165, 1.54) is 17.7 Å². The second-order valence-corrected chi connectivity index (χ2v) is 8.31. The van der Waals surface area contributed by atoms with Crippen LogP contribution in [0.4, 0.5) is 0 Å². The Balaban J connectivity index is 0.00000264. The predicted octanol–water partition coefficient (Wildman–Crippen LogP) is 3.98. The molecule has 1 aliphatic heterocycles. The lowest BCUT2D eigenvalue weighted by molar-refractivity contribution is -0.124. The van der Waals surface area contributed by atoms with Gasteiger partial charge >= 0.3 is 0 Å². The van der Waals surface area contributed by atoms with Crippen molar-refractivity contribution in [2.45, 2.75) is 59.4 Å². The molecule has 1 unspecified atom stereocenters. The van der Waals surface area contributed by atoms with E-state index in [0.29, 0.717) is 18.3 Å². The molecule has 2 rings (SSSR count).